The summed E-state index contributed by atoms with van der Waals surface area (Å²) >= 11 is 0. The molecule has 1 fully saturated rings. The fourth-order valence-corrected chi connectivity index (χ4v) is 9.85. The van der Waals surface area contributed by atoms with E-state index in [1.807, 2.05) is 28.2 Å². The molecule has 0 N–H and O–H groups in total. The lowest BCUT2D eigenvalue weighted by Gasteiger charge is -2.50. The SMILES string of the molecule is CN(C)c1ccc(S2(c3ccc(N(C)C)cc3)CC(=O)C3=COC4=CC=CCC432)cc1. The lowest BCUT2D eigenvalue weighted by molar-refractivity contribution is -0.113. The third-order valence-electron chi connectivity index (χ3n) is 6.68. The van der Waals surface area contributed by atoms with Crippen LogP contribution < -0.4 is 9.80 Å². The van der Waals surface area contributed by atoms with Crippen LogP contribution in [0.1, 0.15) is 6.42 Å². The number of benzene rings is 2. The van der Waals surface area contributed by atoms with Gasteiger partial charge in [0.25, 0.3) is 0 Å². The van der Waals surface area contributed by atoms with E-state index in [0.29, 0.717) is 5.75 Å². The predicted molar refractivity (Wildman–Crippen MR) is 129 cm³/mol. The molecule has 1 atom stereocenters. The second kappa shape index (κ2) is 7.06. The first kappa shape index (κ1) is 20.0. The molecule has 2 heterocycles. The molecule has 4 nitrogen and oxygen atoms in total. The normalized spacial score (nSPS) is 23.9. The second-order valence-electron chi connectivity index (χ2n) is 8.72. The second-order valence-corrected chi connectivity index (χ2v) is 12.1. The van der Waals surface area contributed by atoms with Crippen LogP contribution in [0.4, 0.5) is 11.4 Å². The molecule has 0 radical (unpaired) electrons. The van der Waals surface area contributed by atoms with Gasteiger partial charge in [-0.15, -0.1) is 0 Å². The van der Waals surface area contributed by atoms with Gasteiger partial charge in [0.15, 0.2) is 5.78 Å². The number of anilines is 2. The topological polar surface area (TPSA) is 32.8 Å². The fourth-order valence-electron chi connectivity index (χ4n) is 5.07. The molecule has 1 saturated heterocycles. The van der Waals surface area contributed by atoms with Gasteiger partial charge in [0.1, 0.15) is 10.5 Å². The van der Waals surface area contributed by atoms with E-state index >= 15 is 0 Å². The fraction of sp³-hybridized carbons (Fsp3) is 0.269. The van der Waals surface area contributed by atoms with E-state index in [0.717, 1.165) is 29.1 Å². The summed E-state index contributed by atoms with van der Waals surface area (Å²) in [6, 6.07) is 17.6. The van der Waals surface area contributed by atoms with Gasteiger partial charge in [0.05, 0.1) is 11.8 Å². The molecule has 3 aliphatic rings. The first-order valence-corrected chi connectivity index (χ1v) is 12.3. The maximum absolute atomic E-state index is 13.4. The third kappa shape index (κ3) is 2.66. The molecule has 160 valence electrons. The van der Waals surface area contributed by atoms with E-state index in [9.17, 15) is 4.79 Å². The first-order chi connectivity index (χ1) is 14.9. The number of hydrogen-bond acceptors (Lipinski definition) is 4. The van der Waals surface area contributed by atoms with Crippen molar-refractivity contribution in [3.05, 3.63) is 84.4 Å². The van der Waals surface area contributed by atoms with Crippen molar-refractivity contribution in [2.24, 2.45) is 0 Å². The summed E-state index contributed by atoms with van der Waals surface area (Å²) in [6.45, 7) is 0. The highest BCUT2D eigenvalue weighted by molar-refractivity contribution is 8.36. The van der Waals surface area contributed by atoms with Crippen molar-refractivity contribution in [2.45, 2.75) is 21.0 Å². The Morgan fingerprint density at radius 3 is 1.94 bits per heavy atom. The molecule has 0 saturated carbocycles. The maximum Gasteiger partial charge on any atom is 0.172 e. The van der Waals surface area contributed by atoms with Crippen molar-refractivity contribution < 1.29 is 9.53 Å². The molecular weight excluding hydrogens is 404 g/mol. The lowest BCUT2D eigenvalue weighted by Crippen LogP contribution is -2.35. The highest BCUT2D eigenvalue weighted by Gasteiger charge is 2.64. The van der Waals surface area contributed by atoms with Crippen LogP contribution in [0, 0.1) is 0 Å². The number of allylic oxidation sites excluding steroid dienone is 3. The summed E-state index contributed by atoms with van der Waals surface area (Å²) in [5.74, 6) is 1.65. The van der Waals surface area contributed by atoms with Gasteiger partial charge < -0.3 is 14.5 Å². The van der Waals surface area contributed by atoms with Crippen LogP contribution in [-0.4, -0.2) is 44.5 Å². The van der Waals surface area contributed by atoms with Crippen molar-refractivity contribution in [2.75, 3.05) is 43.7 Å². The summed E-state index contributed by atoms with van der Waals surface area (Å²) in [5, 5.41) is 0. The van der Waals surface area contributed by atoms with Gasteiger partial charge in [-0.05, 0) is 70.8 Å². The zero-order chi connectivity index (χ0) is 21.8. The number of carbonyl (C=O) groups is 1. The Hall–Kier alpha value is -2.92. The van der Waals surface area contributed by atoms with Crippen LogP contribution in [-0.2, 0) is 9.53 Å². The Morgan fingerprint density at radius 2 is 1.42 bits per heavy atom. The van der Waals surface area contributed by atoms with Crippen LogP contribution in [0.25, 0.3) is 0 Å². The molecule has 0 aromatic heterocycles. The number of rotatable bonds is 4. The standard InChI is InChI=1S/C26H28N2O2S/c1-27(2)19-8-12-21(13-9-19)31(22-14-10-20(11-15-22)28(3)4)18-24(29)23-17-30-25-7-5-6-16-26(23,25)31/h5-15,17H,16,18H2,1-4H3. The average Bonchev–Trinajstić information content (AvgIpc) is 3.28. The molecule has 2 aromatic rings. The van der Waals surface area contributed by atoms with Crippen molar-refractivity contribution >= 4 is 27.2 Å². The summed E-state index contributed by atoms with van der Waals surface area (Å²) in [7, 11) is 6.45. The minimum Gasteiger partial charge on any atom is -0.467 e. The Bertz CT molecular complexity index is 1080. The minimum atomic E-state index is -1.75. The number of ketones is 1. The van der Waals surface area contributed by atoms with Crippen LogP contribution in [0.2, 0.25) is 0 Å². The Kier molecular flexibility index (Phi) is 4.56. The summed E-state index contributed by atoms with van der Waals surface area (Å²) in [4.78, 5) is 20.1. The van der Waals surface area contributed by atoms with E-state index in [-0.39, 0.29) is 5.78 Å². The molecule has 0 amide bonds. The van der Waals surface area contributed by atoms with Crippen molar-refractivity contribution in [1.82, 2.24) is 0 Å². The Labute approximate surface area is 185 Å². The summed E-state index contributed by atoms with van der Waals surface area (Å²) in [6.07, 6.45) is 8.80. The summed E-state index contributed by atoms with van der Waals surface area (Å²) < 4.78 is 5.62. The number of carbonyl (C=O) groups excluding carboxylic acids is 1. The van der Waals surface area contributed by atoms with Crippen LogP contribution >= 0.6 is 10.0 Å². The quantitative estimate of drug-likeness (QED) is 0.671. The number of Topliss-reactive ketones (excluding diaryl/α,β-unsaturated/α-hetero) is 1. The van der Waals surface area contributed by atoms with E-state index in [1.54, 1.807) is 6.26 Å². The van der Waals surface area contributed by atoms with Crippen LogP contribution in [0.15, 0.2) is 94.1 Å². The average molecular weight is 433 g/mol. The van der Waals surface area contributed by atoms with Crippen molar-refractivity contribution in [1.29, 1.82) is 0 Å². The van der Waals surface area contributed by atoms with Crippen LogP contribution in [0.3, 0.4) is 0 Å². The van der Waals surface area contributed by atoms with E-state index in [4.69, 9.17) is 4.74 Å². The highest BCUT2D eigenvalue weighted by Crippen LogP contribution is 2.80. The number of hydrogen-bond donors (Lipinski definition) is 0. The number of nitrogens with zero attached hydrogens (tertiary/aromatic N) is 2. The van der Waals surface area contributed by atoms with Gasteiger partial charge in [0.2, 0.25) is 0 Å². The minimum absolute atomic E-state index is 0.210. The smallest absolute Gasteiger partial charge is 0.172 e. The molecule has 2 aromatic carbocycles. The summed E-state index contributed by atoms with van der Waals surface area (Å²) in [5.41, 5.74) is 3.15. The van der Waals surface area contributed by atoms with E-state index < -0.39 is 14.8 Å². The molecular formula is C26H28N2O2S. The maximum atomic E-state index is 13.4. The highest BCUT2D eigenvalue weighted by atomic mass is 32.3. The largest absolute Gasteiger partial charge is 0.467 e. The first-order valence-electron chi connectivity index (χ1n) is 10.5. The van der Waals surface area contributed by atoms with Crippen molar-refractivity contribution in [3.63, 3.8) is 0 Å². The van der Waals surface area contributed by atoms with Crippen LogP contribution in [0.5, 0.6) is 0 Å². The molecule has 1 spiro atoms. The third-order valence-corrected chi connectivity index (χ3v) is 11.3. The molecule has 5 heteroatoms. The molecule has 1 aliphatic carbocycles. The monoisotopic (exact) mass is 432 g/mol. The van der Waals surface area contributed by atoms with Gasteiger partial charge >= 0.3 is 0 Å². The zero-order valence-electron chi connectivity index (χ0n) is 18.5. The van der Waals surface area contributed by atoms with E-state index in [1.165, 1.54) is 9.79 Å². The predicted octanol–water partition coefficient (Wildman–Crippen LogP) is 5.12. The van der Waals surface area contributed by atoms with Gasteiger partial charge in [0, 0.05) is 45.3 Å². The lowest BCUT2D eigenvalue weighted by atomic mass is 9.90. The number of ether oxygens (including phenoxy) is 1. The van der Waals surface area contributed by atoms with Gasteiger partial charge in [-0.3, -0.25) is 4.79 Å². The van der Waals surface area contributed by atoms with Gasteiger partial charge in [-0.2, -0.15) is 10.0 Å². The Morgan fingerprint density at radius 1 is 0.871 bits per heavy atom. The molecule has 2 aliphatic heterocycles. The molecule has 0 bridgehead atoms. The zero-order valence-corrected chi connectivity index (χ0v) is 19.3. The van der Waals surface area contributed by atoms with Crippen molar-refractivity contribution in [3.8, 4) is 0 Å². The molecule has 5 rings (SSSR count). The van der Waals surface area contributed by atoms with Gasteiger partial charge in [-0.1, -0.05) is 12.2 Å². The molecule has 1 unspecified atom stereocenters. The molecule has 31 heavy (non-hydrogen) atoms. The Balaban J connectivity index is 1.78. The van der Waals surface area contributed by atoms with Gasteiger partial charge in [-0.25, -0.2) is 0 Å². The van der Waals surface area contributed by atoms with E-state index in [2.05, 4.69) is 76.6 Å².